The number of aliphatic hydroxyl groups is 1. The Kier molecular flexibility index (Phi) is 3.33. The van der Waals surface area contributed by atoms with Crippen LogP contribution in [0.25, 0.3) is 0 Å². The van der Waals surface area contributed by atoms with Crippen molar-refractivity contribution >= 4 is 0 Å². The second-order valence-electron chi connectivity index (χ2n) is 2.93. The monoisotopic (exact) mass is 184 g/mol. The highest BCUT2D eigenvalue weighted by Crippen LogP contribution is 2.16. The number of nitrogens with two attached hydrogens (primary N) is 1. The zero-order chi connectivity index (χ0) is 9.84. The molecule has 3 N–H and O–H groups in total. The van der Waals surface area contributed by atoms with E-state index >= 15 is 0 Å². The third-order valence-corrected chi connectivity index (χ3v) is 1.93. The van der Waals surface area contributed by atoms with Gasteiger partial charge < -0.3 is 10.8 Å². The lowest BCUT2D eigenvalue weighted by molar-refractivity contribution is 0.276. The first-order chi connectivity index (χ1) is 6.15. The number of aryl methyl sites for hydroxylation is 1. The highest BCUT2D eigenvalue weighted by Gasteiger charge is 2.09. The summed E-state index contributed by atoms with van der Waals surface area (Å²) in [4.78, 5) is 3.65. The quantitative estimate of drug-likeness (QED) is 0.686. The molecule has 4 heteroatoms. The van der Waals surface area contributed by atoms with Crippen LogP contribution in [0.4, 0.5) is 4.39 Å². The Bertz CT molecular complexity index is 291. The van der Waals surface area contributed by atoms with E-state index in [1.807, 2.05) is 0 Å². The highest BCUT2D eigenvalue weighted by molar-refractivity contribution is 5.22. The number of aromatic nitrogens is 1. The standard InChI is InChI=1S/C9H13FN2O/c1-6-7(8(11)4-5-13)2-3-9(10)12-6/h2-3,8,13H,4-5,11H2,1H3/t8-/m1/s1. The van der Waals surface area contributed by atoms with Gasteiger partial charge in [0.05, 0.1) is 0 Å². The van der Waals surface area contributed by atoms with E-state index in [9.17, 15) is 4.39 Å². The predicted molar refractivity (Wildman–Crippen MR) is 47.6 cm³/mol. The van der Waals surface area contributed by atoms with Crippen molar-refractivity contribution in [3.8, 4) is 0 Å². The summed E-state index contributed by atoms with van der Waals surface area (Å²) in [7, 11) is 0. The minimum atomic E-state index is -0.502. The van der Waals surface area contributed by atoms with Gasteiger partial charge in [-0.1, -0.05) is 6.07 Å². The Morgan fingerprint density at radius 3 is 2.85 bits per heavy atom. The summed E-state index contributed by atoms with van der Waals surface area (Å²) in [6.07, 6.45) is 0.466. The molecule has 1 heterocycles. The fourth-order valence-electron chi connectivity index (χ4n) is 1.23. The van der Waals surface area contributed by atoms with Crippen LogP contribution in [0.1, 0.15) is 23.7 Å². The van der Waals surface area contributed by atoms with Gasteiger partial charge in [-0.05, 0) is 25.0 Å². The lowest BCUT2D eigenvalue weighted by Gasteiger charge is -2.12. The third kappa shape index (κ3) is 2.47. The Hall–Kier alpha value is -1.00. The van der Waals surface area contributed by atoms with Gasteiger partial charge in [0.1, 0.15) is 0 Å². The fourth-order valence-corrected chi connectivity index (χ4v) is 1.23. The minimum Gasteiger partial charge on any atom is -0.396 e. The van der Waals surface area contributed by atoms with Crippen LogP contribution < -0.4 is 5.73 Å². The molecule has 0 bridgehead atoms. The molecule has 0 spiro atoms. The number of halogens is 1. The molecule has 1 aromatic rings. The number of aliphatic hydroxyl groups excluding tert-OH is 1. The number of nitrogens with zero attached hydrogens (tertiary/aromatic N) is 1. The summed E-state index contributed by atoms with van der Waals surface area (Å²) in [5.41, 5.74) is 7.11. The molecule has 0 aliphatic carbocycles. The summed E-state index contributed by atoms with van der Waals surface area (Å²) in [6.45, 7) is 1.73. The molecule has 72 valence electrons. The van der Waals surface area contributed by atoms with Crippen LogP contribution in [0.2, 0.25) is 0 Å². The molecule has 0 radical (unpaired) electrons. The van der Waals surface area contributed by atoms with Gasteiger partial charge in [0.2, 0.25) is 5.95 Å². The maximum absolute atomic E-state index is 12.6. The molecule has 1 rings (SSSR count). The van der Waals surface area contributed by atoms with Crippen LogP contribution in [-0.4, -0.2) is 16.7 Å². The third-order valence-electron chi connectivity index (χ3n) is 1.93. The van der Waals surface area contributed by atoms with Gasteiger partial charge in [-0.15, -0.1) is 0 Å². The van der Waals surface area contributed by atoms with Gasteiger partial charge in [0.25, 0.3) is 0 Å². The normalized spacial score (nSPS) is 12.9. The Morgan fingerprint density at radius 2 is 2.31 bits per heavy atom. The van der Waals surface area contributed by atoms with Gasteiger partial charge in [-0.25, -0.2) is 4.98 Å². The molecule has 3 nitrogen and oxygen atoms in total. The van der Waals surface area contributed by atoms with Crippen molar-refractivity contribution in [2.75, 3.05) is 6.61 Å². The van der Waals surface area contributed by atoms with E-state index in [2.05, 4.69) is 4.98 Å². The Morgan fingerprint density at radius 1 is 1.62 bits per heavy atom. The fraction of sp³-hybridized carbons (Fsp3) is 0.444. The second-order valence-corrected chi connectivity index (χ2v) is 2.93. The van der Waals surface area contributed by atoms with E-state index in [-0.39, 0.29) is 12.6 Å². The summed E-state index contributed by atoms with van der Waals surface area (Å²) < 4.78 is 12.6. The molecular formula is C9H13FN2O. The Balaban J connectivity index is 2.88. The van der Waals surface area contributed by atoms with Crippen LogP contribution >= 0.6 is 0 Å². The van der Waals surface area contributed by atoms with Crippen molar-refractivity contribution in [3.63, 3.8) is 0 Å². The number of rotatable bonds is 3. The largest absolute Gasteiger partial charge is 0.396 e. The molecule has 13 heavy (non-hydrogen) atoms. The second kappa shape index (κ2) is 4.30. The maximum Gasteiger partial charge on any atom is 0.213 e. The van der Waals surface area contributed by atoms with E-state index < -0.39 is 5.95 Å². The average Bonchev–Trinajstić information content (AvgIpc) is 2.04. The van der Waals surface area contributed by atoms with E-state index in [1.165, 1.54) is 6.07 Å². The van der Waals surface area contributed by atoms with E-state index in [4.69, 9.17) is 10.8 Å². The molecule has 0 aliphatic rings. The van der Waals surface area contributed by atoms with Gasteiger partial charge >= 0.3 is 0 Å². The number of hydrogen-bond acceptors (Lipinski definition) is 3. The van der Waals surface area contributed by atoms with Crippen molar-refractivity contribution in [3.05, 3.63) is 29.3 Å². The van der Waals surface area contributed by atoms with Crippen LogP contribution in [0.5, 0.6) is 0 Å². The van der Waals surface area contributed by atoms with Crippen molar-refractivity contribution in [1.82, 2.24) is 4.98 Å². The van der Waals surface area contributed by atoms with Gasteiger partial charge in [0.15, 0.2) is 0 Å². The number of hydrogen-bond donors (Lipinski definition) is 2. The minimum absolute atomic E-state index is 0.0258. The zero-order valence-electron chi connectivity index (χ0n) is 7.50. The maximum atomic E-state index is 12.6. The summed E-state index contributed by atoms with van der Waals surface area (Å²) in [5.74, 6) is -0.502. The lowest BCUT2D eigenvalue weighted by atomic mass is 10.0. The first kappa shape index (κ1) is 10.1. The summed E-state index contributed by atoms with van der Waals surface area (Å²) in [5, 5.41) is 8.67. The first-order valence-corrected chi connectivity index (χ1v) is 4.14. The van der Waals surface area contributed by atoms with E-state index in [0.29, 0.717) is 12.1 Å². The summed E-state index contributed by atoms with van der Waals surface area (Å²) in [6, 6.07) is 2.62. The highest BCUT2D eigenvalue weighted by atomic mass is 19.1. The van der Waals surface area contributed by atoms with Gasteiger partial charge in [-0.2, -0.15) is 4.39 Å². The molecule has 0 aromatic carbocycles. The molecule has 0 saturated carbocycles. The lowest BCUT2D eigenvalue weighted by Crippen LogP contribution is -2.14. The van der Waals surface area contributed by atoms with E-state index in [0.717, 1.165) is 5.56 Å². The SMILES string of the molecule is Cc1nc(F)ccc1[C@H](N)CCO. The molecule has 0 fully saturated rings. The topological polar surface area (TPSA) is 59.1 Å². The van der Waals surface area contributed by atoms with Crippen molar-refractivity contribution in [1.29, 1.82) is 0 Å². The average molecular weight is 184 g/mol. The van der Waals surface area contributed by atoms with Crippen LogP contribution in [-0.2, 0) is 0 Å². The smallest absolute Gasteiger partial charge is 0.213 e. The molecule has 0 amide bonds. The first-order valence-electron chi connectivity index (χ1n) is 4.14. The predicted octanol–water partition coefficient (Wildman–Crippen LogP) is 0.911. The summed E-state index contributed by atoms with van der Waals surface area (Å²) >= 11 is 0. The molecule has 0 aliphatic heterocycles. The van der Waals surface area contributed by atoms with Gasteiger partial charge in [-0.3, -0.25) is 0 Å². The van der Waals surface area contributed by atoms with Crippen molar-refractivity contribution in [2.45, 2.75) is 19.4 Å². The number of pyridine rings is 1. The van der Waals surface area contributed by atoms with Crippen molar-refractivity contribution < 1.29 is 9.50 Å². The zero-order valence-corrected chi connectivity index (χ0v) is 7.50. The van der Waals surface area contributed by atoms with Gasteiger partial charge in [0, 0.05) is 18.3 Å². The van der Waals surface area contributed by atoms with Crippen LogP contribution in [0.3, 0.4) is 0 Å². The van der Waals surface area contributed by atoms with E-state index in [1.54, 1.807) is 13.0 Å². The molecule has 0 saturated heterocycles. The van der Waals surface area contributed by atoms with Crippen LogP contribution in [0, 0.1) is 12.9 Å². The Labute approximate surface area is 76.4 Å². The molecule has 0 unspecified atom stereocenters. The molecule has 1 aromatic heterocycles. The molecule has 1 atom stereocenters. The molecular weight excluding hydrogens is 171 g/mol. The van der Waals surface area contributed by atoms with Crippen LogP contribution in [0.15, 0.2) is 12.1 Å². The van der Waals surface area contributed by atoms with Crippen molar-refractivity contribution in [2.24, 2.45) is 5.73 Å².